The predicted molar refractivity (Wildman–Crippen MR) is 93.8 cm³/mol. The Kier molecular flexibility index (Phi) is 5.55. The van der Waals surface area contributed by atoms with Crippen molar-refractivity contribution < 1.29 is 14.0 Å². The Morgan fingerprint density at radius 3 is 2.65 bits per heavy atom. The summed E-state index contributed by atoms with van der Waals surface area (Å²) >= 11 is 0. The van der Waals surface area contributed by atoms with Crippen molar-refractivity contribution in [3.05, 3.63) is 59.4 Å². The van der Waals surface area contributed by atoms with Crippen molar-refractivity contribution in [2.75, 3.05) is 13.1 Å². The van der Waals surface area contributed by atoms with Gasteiger partial charge in [0.05, 0.1) is 17.9 Å². The Balaban J connectivity index is 1.65. The zero-order valence-electron chi connectivity index (χ0n) is 14.6. The Morgan fingerprint density at radius 1 is 1.23 bits per heavy atom. The van der Waals surface area contributed by atoms with Gasteiger partial charge in [0.1, 0.15) is 5.82 Å². The van der Waals surface area contributed by atoms with Gasteiger partial charge in [-0.1, -0.05) is 6.07 Å². The van der Waals surface area contributed by atoms with Gasteiger partial charge in [-0.15, -0.1) is 0 Å². The van der Waals surface area contributed by atoms with Crippen molar-refractivity contribution in [3.63, 3.8) is 0 Å². The van der Waals surface area contributed by atoms with Crippen molar-refractivity contribution in [2.45, 2.75) is 32.2 Å². The number of halogens is 1. The lowest BCUT2D eigenvalue weighted by Crippen LogP contribution is -2.38. The fraction of sp³-hybridized carbons (Fsp3) is 0.368. The van der Waals surface area contributed by atoms with E-state index in [0.29, 0.717) is 25.2 Å². The molecule has 0 aliphatic carbocycles. The molecule has 136 valence electrons. The maximum absolute atomic E-state index is 13.3. The van der Waals surface area contributed by atoms with Crippen molar-refractivity contribution in [1.82, 2.24) is 20.2 Å². The molecule has 6 nitrogen and oxygen atoms in total. The van der Waals surface area contributed by atoms with E-state index >= 15 is 0 Å². The van der Waals surface area contributed by atoms with Crippen LogP contribution in [0.1, 0.15) is 47.4 Å². The molecule has 3 rings (SSSR count). The molecule has 0 unspecified atom stereocenters. The molecule has 26 heavy (non-hydrogen) atoms. The molecule has 1 N–H and O–H groups in total. The number of likely N-dealkylation sites (tertiary alicyclic amines) is 1. The summed E-state index contributed by atoms with van der Waals surface area (Å²) in [6, 6.07) is 5.77. The number of nitrogens with zero attached hydrogens (tertiary/aromatic N) is 3. The first-order valence-electron chi connectivity index (χ1n) is 8.63. The number of carbonyl (C=O) groups is 2. The third kappa shape index (κ3) is 4.22. The summed E-state index contributed by atoms with van der Waals surface area (Å²) in [6.45, 7) is 2.97. The summed E-state index contributed by atoms with van der Waals surface area (Å²) in [5, 5.41) is 2.75. The number of rotatable bonds is 4. The molecule has 2 aromatic rings. The monoisotopic (exact) mass is 356 g/mol. The predicted octanol–water partition coefficient (Wildman–Crippen LogP) is 2.27. The highest BCUT2D eigenvalue weighted by atomic mass is 19.1. The molecule has 7 heteroatoms. The van der Waals surface area contributed by atoms with Crippen molar-refractivity contribution in [1.29, 1.82) is 0 Å². The highest BCUT2D eigenvalue weighted by Gasteiger charge is 2.27. The van der Waals surface area contributed by atoms with Gasteiger partial charge in [0, 0.05) is 43.9 Å². The molecular formula is C19H21FN4O2. The first-order valence-corrected chi connectivity index (χ1v) is 8.63. The van der Waals surface area contributed by atoms with Gasteiger partial charge in [-0.3, -0.25) is 19.6 Å². The van der Waals surface area contributed by atoms with Crippen LogP contribution in [-0.4, -0.2) is 39.8 Å². The fourth-order valence-corrected chi connectivity index (χ4v) is 3.22. The lowest BCUT2D eigenvalue weighted by Gasteiger charge is -2.32. The normalized spacial score (nSPS) is 14.9. The molecule has 1 aliphatic heterocycles. The molecule has 0 atom stereocenters. The standard InChI is InChI=1S/C19H21FN4O2/c1-13(25)23-12-17-18(22-8-7-21-17)14-5-9-24(10-6-14)19(26)15-3-2-4-16(20)11-15/h2-4,7-8,11,14H,5-6,9-10,12H2,1H3,(H,23,25). The van der Waals surface area contributed by atoms with Crippen LogP contribution < -0.4 is 5.32 Å². The Morgan fingerprint density at radius 2 is 1.96 bits per heavy atom. The highest BCUT2D eigenvalue weighted by Crippen LogP contribution is 2.29. The largest absolute Gasteiger partial charge is 0.351 e. The van der Waals surface area contributed by atoms with Gasteiger partial charge in [0.25, 0.3) is 5.91 Å². The maximum atomic E-state index is 13.3. The molecule has 0 radical (unpaired) electrons. The van der Waals surface area contributed by atoms with Crippen molar-refractivity contribution in [3.8, 4) is 0 Å². The van der Waals surface area contributed by atoms with E-state index < -0.39 is 5.82 Å². The first-order chi connectivity index (χ1) is 12.5. The molecule has 1 aliphatic rings. The fourth-order valence-electron chi connectivity index (χ4n) is 3.22. The number of benzene rings is 1. The van der Waals surface area contributed by atoms with Gasteiger partial charge in [-0.25, -0.2) is 4.39 Å². The molecule has 0 saturated carbocycles. The SMILES string of the molecule is CC(=O)NCc1nccnc1C1CCN(C(=O)c2cccc(F)c2)CC1. The minimum absolute atomic E-state index is 0.114. The number of carbonyl (C=O) groups excluding carboxylic acids is 2. The smallest absolute Gasteiger partial charge is 0.253 e. The van der Waals surface area contributed by atoms with Crippen LogP contribution >= 0.6 is 0 Å². The molecule has 2 heterocycles. The Labute approximate surface area is 151 Å². The van der Waals surface area contributed by atoms with E-state index in [1.807, 2.05) is 0 Å². The number of hydrogen-bond donors (Lipinski definition) is 1. The Hall–Kier alpha value is -2.83. The number of nitrogens with one attached hydrogen (secondary N) is 1. The summed E-state index contributed by atoms with van der Waals surface area (Å²) in [5.41, 5.74) is 2.01. The maximum Gasteiger partial charge on any atom is 0.253 e. The van der Waals surface area contributed by atoms with E-state index in [1.165, 1.54) is 19.1 Å². The number of hydrogen-bond acceptors (Lipinski definition) is 4. The molecule has 1 fully saturated rings. The second-order valence-corrected chi connectivity index (χ2v) is 6.37. The lowest BCUT2D eigenvalue weighted by atomic mass is 9.91. The van der Waals surface area contributed by atoms with E-state index in [2.05, 4.69) is 15.3 Å². The first kappa shape index (κ1) is 18.0. The van der Waals surface area contributed by atoms with Gasteiger partial charge >= 0.3 is 0 Å². The zero-order chi connectivity index (χ0) is 18.5. The van der Waals surface area contributed by atoms with E-state index in [-0.39, 0.29) is 17.7 Å². The van der Waals surface area contributed by atoms with Gasteiger partial charge in [0.2, 0.25) is 5.91 Å². The van der Waals surface area contributed by atoms with Gasteiger partial charge in [-0.05, 0) is 31.0 Å². The average Bonchev–Trinajstić information content (AvgIpc) is 2.66. The van der Waals surface area contributed by atoms with Crippen LogP contribution in [0.5, 0.6) is 0 Å². The summed E-state index contributed by atoms with van der Waals surface area (Å²) in [4.78, 5) is 34.2. The molecule has 1 aromatic heterocycles. The Bertz CT molecular complexity index is 804. The molecule has 0 bridgehead atoms. The van der Waals surface area contributed by atoms with Crippen molar-refractivity contribution in [2.24, 2.45) is 0 Å². The van der Waals surface area contributed by atoms with Crippen LogP contribution in [-0.2, 0) is 11.3 Å². The van der Waals surface area contributed by atoms with Crippen LogP contribution in [0.2, 0.25) is 0 Å². The molecule has 0 spiro atoms. The minimum Gasteiger partial charge on any atom is -0.351 e. The number of amides is 2. The summed E-state index contributed by atoms with van der Waals surface area (Å²) in [6.07, 6.45) is 4.78. The van der Waals surface area contributed by atoms with E-state index in [9.17, 15) is 14.0 Å². The number of piperidine rings is 1. The minimum atomic E-state index is -0.409. The molecule has 2 amide bonds. The second-order valence-electron chi connectivity index (χ2n) is 6.37. The van der Waals surface area contributed by atoms with Crippen LogP contribution in [0.25, 0.3) is 0 Å². The van der Waals surface area contributed by atoms with Crippen LogP contribution in [0.3, 0.4) is 0 Å². The topological polar surface area (TPSA) is 75.2 Å². The van der Waals surface area contributed by atoms with Gasteiger partial charge < -0.3 is 10.2 Å². The van der Waals surface area contributed by atoms with Crippen molar-refractivity contribution >= 4 is 11.8 Å². The molecular weight excluding hydrogens is 335 g/mol. The third-order valence-electron chi connectivity index (χ3n) is 4.55. The number of aromatic nitrogens is 2. The second kappa shape index (κ2) is 8.03. The zero-order valence-corrected chi connectivity index (χ0v) is 14.6. The van der Waals surface area contributed by atoms with Crippen LogP contribution in [0, 0.1) is 5.82 Å². The van der Waals surface area contributed by atoms with Crippen LogP contribution in [0.4, 0.5) is 4.39 Å². The quantitative estimate of drug-likeness (QED) is 0.912. The van der Waals surface area contributed by atoms with Gasteiger partial charge in [-0.2, -0.15) is 0 Å². The van der Waals surface area contributed by atoms with E-state index in [4.69, 9.17) is 0 Å². The van der Waals surface area contributed by atoms with Crippen LogP contribution in [0.15, 0.2) is 36.7 Å². The molecule has 1 saturated heterocycles. The van der Waals surface area contributed by atoms with E-state index in [0.717, 1.165) is 24.2 Å². The van der Waals surface area contributed by atoms with Gasteiger partial charge in [0.15, 0.2) is 0 Å². The summed E-state index contributed by atoms with van der Waals surface area (Å²) in [7, 11) is 0. The molecule has 1 aromatic carbocycles. The summed E-state index contributed by atoms with van der Waals surface area (Å²) < 4.78 is 13.3. The average molecular weight is 356 g/mol. The highest BCUT2D eigenvalue weighted by molar-refractivity contribution is 5.94. The lowest BCUT2D eigenvalue weighted by molar-refractivity contribution is -0.119. The third-order valence-corrected chi connectivity index (χ3v) is 4.55. The van der Waals surface area contributed by atoms with E-state index in [1.54, 1.807) is 29.4 Å². The summed E-state index contributed by atoms with van der Waals surface area (Å²) in [5.74, 6) is -0.491.